The van der Waals surface area contributed by atoms with Gasteiger partial charge in [0.1, 0.15) is 5.75 Å². The lowest BCUT2D eigenvalue weighted by atomic mass is 10.2. The van der Waals surface area contributed by atoms with Gasteiger partial charge in [-0.2, -0.15) is 0 Å². The van der Waals surface area contributed by atoms with Crippen LogP contribution in [0.1, 0.15) is 25.7 Å². The molecule has 1 amide bonds. The summed E-state index contributed by atoms with van der Waals surface area (Å²) < 4.78 is 5.40. The number of carbonyl (C=O) groups excluding carboxylic acids is 1. The van der Waals surface area contributed by atoms with E-state index in [0.29, 0.717) is 17.3 Å². The molecule has 1 saturated heterocycles. The summed E-state index contributed by atoms with van der Waals surface area (Å²) in [5, 5.41) is 3.56. The fraction of sp³-hybridized carbons (Fsp3) is 0.562. The maximum atomic E-state index is 11.7. The Morgan fingerprint density at radius 2 is 1.81 bits per heavy atom. The highest BCUT2D eigenvalue weighted by Gasteiger charge is 2.09. The third-order valence-corrected chi connectivity index (χ3v) is 3.88. The van der Waals surface area contributed by atoms with Crippen LogP contribution in [-0.2, 0) is 4.79 Å². The Morgan fingerprint density at radius 1 is 1.14 bits per heavy atom. The number of benzene rings is 1. The maximum Gasteiger partial charge on any atom is 0.257 e. The monoisotopic (exact) mass is 310 g/mol. The van der Waals surface area contributed by atoms with Crippen LogP contribution in [0.3, 0.4) is 0 Å². The second-order valence-corrected chi connectivity index (χ2v) is 5.78. The molecule has 0 aromatic heterocycles. The Kier molecular flexibility index (Phi) is 6.83. The summed E-state index contributed by atoms with van der Waals surface area (Å²) in [6.45, 7) is 3.95. The van der Waals surface area contributed by atoms with Crippen molar-refractivity contribution in [1.82, 2.24) is 10.2 Å². The van der Waals surface area contributed by atoms with Crippen molar-refractivity contribution in [3.8, 4) is 5.75 Å². The van der Waals surface area contributed by atoms with Crippen LogP contribution in [-0.4, -0.2) is 43.6 Å². The molecule has 1 aromatic carbocycles. The molecule has 1 heterocycles. The molecule has 0 spiro atoms. The Labute approximate surface area is 131 Å². The third-order valence-electron chi connectivity index (χ3n) is 3.63. The molecular weight excluding hydrogens is 288 g/mol. The van der Waals surface area contributed by atoms with Gasteiger partial charge in [-0.1, -0.05) is 24.4 Å². The van der Waals surface area contributed by atoms with E-state index in [-0.39, 0.29) is 12.5 Å². The van der Waals surface area contributed by atoms with Gasteiger partial charge in [0.05, 0.1) is 0 Å². The molecule has 2 rings (SSSR count). The molecule has 1 aliphatic rings. The predicted octanol–water partition coefficient (Wildman–Crippen LogP) is 2.71. The van der Waals surface area contributed by atoms with Crippen LogP contribution in [0.2, 0.25) is 5.02 Å². The molecule has 5 heteroatoms. The highest BCUT2D eigenvalue weighted by molar-refractivity contribution is 6.30. The topological polar surface area (TPSA) is 41.6 Å². The lowest BCUT2D eigenvalue weighted by Crippen LogP contribution is -2.37. The zero-order valence-corrected chi connectivity index (χ0v) is 13.1. The first-order valence-electron chi connectivity index (χ1n) is 7.61. The quantitative estimate of drug-likeness (QED) is 0.878. The first-order chi connectivity index (χ1) is 10.2. The van der Waals surface area contributed by atoms with Crippen LogP contribution in [0.5, 0.6) is 5.75 Å². The van der Waals surface area contributed by atoms with Crippen molar-refractivity contribution in [3.63, 3.8) is 0 Å². The molecular formula is C16H23ClN2O2. The van der Waals surface area contributed by atoms with Crippen molar-refractivity contribution < 1.29 is 9.53 Å². The molecule has 1 N–H and O–H groups in total. The highest BCUT2D eigenvalue weighted by atomic mass is 35.5. The third kappa shape index (κ3) is 6.36. The van der Waals surface area contributed by atoms with E-state index in [1.807, 2.05) is 0 Å². The summed E-state index contributed by atoms with van der Waals surface area (Å²) in [4.78, 5) is 14.1. The van der Waals surface area contributed by atoms with Crippen LogP contribution in [0.25, 0.3) is 0 Å². The number of nitrogens with zero attached hydrogens (tertiary/aromatic N) is 1. The zero-order valence-electron chi connectivity index (χ0n) is 12.3. The van der Waals surface area contributed by atoms with Crippen molar-refractivity contribution in [2.24, 2.45) is 0 Å². The standard InChI is InChI=1S/C16H23ClN2O2/c17-14-5-7-15(8-6-14)21-13-16(20)18-9-12-19-10-3-1-2-4-11-19/h5-8H,1-4,9-13H2,(H,18,20). The Hall–Kier alpha value is -1.26. The molecule has 1 fully saturated rings. The number of amides is 1. The lowest BCUT2D eigenvalue weighted by Gasteiger charge is -2.19. The Morgan fingerprint density at radius 3 is 2.48 bits per heavy atom. The number of hydrogen-bond donors (Lipinski definition) is 1. The molecule has 1 aliphatic heterocycles. The summed E-state index contributed by atoms with van der Waals surface area (Å²) in [6, 6.07) is 7.00. The molecule has 0 unspecified atom stereocenters. The summed E-state index contributed by atoms with van der Waals surface area (Å²) in [7, 11) is 0. The number of ether oxygens (including phenoxy) is 1. The summed E-state index contributed by atoms with van der Waals surface area (Å²) in [6.07, 6.45) is 5.21. The van der Waals surface area contributed by atoms with Crippen molar-refractivity contribution in [3.05, 3.63) is 29.3 Å². The van der Waals surface area contributed by atoms with Crippen molar-refractivity contribution in [1.29, 1.82) is 0 Å². The summed E-state index contributed by atoms with van der Waals surface area (Å²) in [5.74, 6) is 0.571. The van der Waals surface area contributed by atoms with Gasteiger partial charge >= 0.3 is 0 Å². The van der Waals surface area contributed by atoms with Crippen molar-refractivity contribution in [2.45, 2.75) is 25.7 Å². The number of likely N-dealkylation sites (tertiary alicyclic amines) is 1. The average Bonchev–Trinajstić information content (AvgIpc) is 2.75. The van der Waals surface area contributed by atoms with E-state index in [2.05, 4.69) is 10.2 Å². The van der Waals surface area contributed by atoms with Gasteiger partial charge in [-0.05, 0) is 50.2 Å². The van der Waals surface area contributed by atoms with Crippen LogP contribution < -0.4 is 10.1 Å². The predicted molar refractivity (Wildman–Crippen MR) is 84.9 cm³/mol. The van der Waals surface area contributed by atoms with Gasteiger partial charge in [-0.15, -0.1) is 0 Å². The van der Waals surface area contributed by atoms with Crippen molar-refractivity contribution in [2.75, 3.05) is 32.8 Å². The SMILES string of the molecule is O=C(COc1ccc(Cl)cc1)NCCN1CCCCCC1. The van der Waals surface area contributed by atoms with Gasteiger partial charge < -0.3 is 15.0 Å². The van der Waals surface area contributed by atoms with E-state index in [1.165, 1.54) is 25.7 Å². The minimum Gasteiger partial charge on any atom is -0.484 e. The van der Waals surface area contributed by atoms with E-state index < -0.39 is 0 Å². The number of carbonyl (C=O) groups is 1. The summed E-state index contributed by atoms with van der Waals surface area (Å²) in [5.41, 5.74) is 0. The molecule has 0 radical (unpaired) electrons. The molecule has 0 saturated carbocycles. The number of nitrogens with one attached hydrogen (secondary N) is 1. The lowest BCUT2D eigenvalue weighted by molar-refractivity contribution is -0.123. The van der Waals surface area contributed by atoms with Crippen molar-refractivity contribution >= 4 is 17.5 Å². The summed E-state index contributed by atoms with van der Waals surface area (Å²) >= 11 is 5.79. The second-order valence-electron chi connectivity index (χ2n) is 5.35. The smallest absolute Gasteiger partial charge is 0.257 e. The number of rotatable bonds is 6. The normalized spacial score (nSPS) is 16.2. The van der Waals surface area contributed by atoms with Crippen LogP contribution in [0.4, 0.5) is 0 Å². The largest absolute Gasteiger partial charge is 0.484 e. The number of hydrogen-bond acceptors (Lipinski definition) is 3. The highest BCUT2D eigenvalue weighted by Crippen LogP contribution is 2.15. The van der Waals surface area contributed by atoms with Gasteiger partial charge in [0, 0.05) is 18.1 Å². The number of halogens is 1. The average molecular weight is 311 g/mol. The first-order valence-corrected chi connectivity index (χ1v) is 7.99. The fourth-order valence-corrected chi connectivity index (χ4v) is 2.57. The van der Waals surface area contributed by atoms with E-state index >= 15 is 0 Å². The van der Waals surface area contributed by atoms with E-state index in [0.717, 1.165) is 19.6 Å². The van der Waals surface area contributed by atoms with E-state index in [1.54, 1.807) is 24.3 Å². The zero-order chi connectivity index (χ0) is 14.9. The molecule has 0 atom stereocenters. The van der Waals surface area contributed by atoms with Gasteiger partial charge in [-0.3, -0.25) is 4.79 Å². The first kappa shape index (κ1) is 16.1. The Balaban J connectivity index is 1.59. The van der Waals surface area contributed by atoms with E-state index in [4.69, 9.17) is 16.3 Å². The second kappa shape index (κ2) is 8.90. The van der Waals surface area contributed by atoms with Gasteiger partial charge in [0.15, 0.2) is 6.61 Å². The van der Waals surface area contributed by atoms with Crippen LogP contribution in [0, 0.1) is 0 Å². The van der Waals surface area contributed by atoms with Crippen LogP contribution in [0.15, 0.2) is 24.3 Å². The minimum absolute atomic E-state index is 0.0433. The molecule has 0 aliphatic carbocycles. The van der Waals surface area contributed by atoms with Gasteiger partial charge in [0.2, 0.25) is 0 Å². The molecule has 1 aromatic rings. The fourth-order valence-electron chi connectivity index (χ4n) is 2.44. The maximum absolute atomic E-state index is 11.7. The van der Waals surface area contributed by atoms with Crippen LogP contribution >= 0.6 is 11.6 Å². The minimum atomic E-state index is -0.0835. The molecule has 4 nitrogen and oxygen atoms in total. The van der Waals surface area contributed by atoms with Gasteiger partial charge in [-0.25, -0.2) is 0 Å². The molecule has 0 bridgehead atoms. The molecule has 116 valence electrons. The van der Waals surface area contributed by atoms with E-state index in [9.17, 15) is 4.79 Å². The van der Waals surface area contributed by atoms with Gasteiger partial charge in [0.25, 0.3) is 5.91 Å². The molecule has 21 heavy (non-hydrogen) atoms. The Bertz CT molecular complexity index is 428.